The normalized spacial score (nSPS) is 28.5. The maximum atomic E-state index is 10.6. The first-order chi connectivity index (χ1) is 6.89. The molecule has 0 saturated carbocycles. The fourth-order valence-electron chi connectivity index (χ4n) is 1.85. The van der Waals surface area contributed by atoms with Crippen LogP contribution in [0, 0.1) is 5.41 Å². The van der Waals surface area contributed by atoms with Gasteiger partial charge in [0.25, 0.3) is 0 Å². The van der Waals surface area contributed by atoms with Crippen LogP contribution in [0.4, 0.5) is 0 Å². The zero-order chi connectivity index (χ0) is 11.5. The van der Waals surface area contributed by atoms with Crippen molar-refractivity contribution in [2.24, 2.45) is 5.41 Å². The molecule has 1 fully saturated rings. The lowest BCUT2D eigenvalue weighted by Crippen LogP contribution is -2.42. The molecule has 0 aromatic rings. The number of carbonyl (C=O) groups is 1. The van der Waals surface area contributed by atoms with Crippen LogP contribution < -0.4 is 5.32 Å². The molecule has 4 nitrogen and oxygen atoms in total. The fraction of sp³-hybridized carbons (Fsp3) is 0.909. The van der Waals surface area contributed by atoms with E-state index in [4.69, 9.17) is 9.84 Å². The Bertz CT molecular complexity index is 222. The Kier molecular flexibility index (Phi) is 4.11. The third-order valence-electron chi connectivity index (χ3n) is 2.80. The van der Waals surface area contributed by atoms with Gasteiger partial charge in [-0.2, -0.15) is 0 Å². The Morgan fingerprint density at radius 3 is 2.73 bits per heavy atom. The highest BCUT2D eigenvalue weighted by atomic mass is 16.5. The van der Waals surface area contributed by atoms with Gasteiger partial charge in [-0.1, -0.05) is 20.8 Å². The number of ether oxygens (including phenoxy) is 1. The van der Waals surface area contributed by atoms with Crippen LogP contribution in [0.5, 0.6) is 0 Å². The third-order valence-corrected chi connectivity index (χ3v) is 2.80. The lowest BCUT2D eigenvalue weighted by Gasteiger charge is -2.30. The summed E-state index contributed by atoms with van der Waals surface area (Å²) >= 11 is 0. The smallest absolute Gasteiger partial charge is 0.306 e. The van der Waals surface area contributed by atoms with Crippen molar-refractivity contribution in [2.45, 2.75) is 45.8 Å². The molecule has 4 heteroatoms. The predicted octanol–water partition coefficient (Wildman–Crippen LogP) is 1.25. The van der Waals surface area contributed by atoms with E-state index in [2.05, 4.69) is 26.1 Å². The van der Waals surface area contributed by atoms with E-state index in [9.17, 15) is 4.79 Å². The fourth-order valence-corrected chi connectivity index (χ4v) is 1.85. The summed E-state index contributed by atoms with van der Waals surface area (Å²) in [5, 5.41) is 12.1. The van der Waals surface area contributed by atoms with Crippen LogP contribution in [0.15, 0.2) is 0 Å². The maximum Gasteiger partial charge on any atom is 0.306 e. The molecule has 0 bridgehead atoms. The van der Waals surface area contributed by atoms with Crippen molar-refractivity contribution in [3.05, 3.63) is 0 Å². The third kappa shape index (κ3) is 4.18. The molecule has 0 aromatic heterocycles. The van der Waals surface area contributed by atoms with E-state index in [1.165, 1.54) is 0 Å². The Morgan fingerprint density at radius 2 is 2.20 bits per heavy atom. The lowest BCUT2D eigenvalue weighted by atomic mass is 9.85. The molecule has 2 atom stereocenters. The van der Waals surface area contributed by atoms with E-state index in [-0.39, 0.29) is 17.9 Å². The van der Waals surface area contributed by atoms with Crippen LogP contribution in [0.1, 0.15) is 33.6 Å². The first kappa shape index (κ1) is 12.5. The van der Waals surface area contributed by atoms with Gasteiger partial charge >= 0.3 is 5.97 Å². The van der Waals surface area contributed by atoms with Gasteiger partial charge in [-0.15, -0.1) is 0 Å². The summed E-state index contributed by atoms with van der Waals surface area (Å²) in [7, 11) is 0. The standard InChI is InChI=1S/C11H21NO3/c1-11(2,3)9-4-5-15-8(7-12-9)6-10(13)14/h8-9,12H,4-7H2,1-3H3,(H,13,14). The first-order valence-corrected chi connectivity index (χ1v) is 5.46. The highest BCUT2D eigenvalue weighted by Crippen LogP contribution is 2.23. The molecule has 15 heavy (non-hydrogen) atoms. The van der Waals surface area contributed by atoms with Crippen LogP contribution in [-0.4, -0.2) is 36.4 Å². The highest BCUT2D eigenvalue weighted by Gasteiger charge is 2.28. The van der Waals surface area contributed by atoms with Crippen LogP contribution in [0.25, 0.3) is 0 Å². The Balaban J connectivity index is 2.45. The number of nitrogens with one attached hydrogen (secondary N) is 1. The van der Waals surface area contributed by atoms with Gasteiger partial charge in [0.05, 0.1) is 12.5 Å². The number of carboxylic acids is 1. The summed E-state index contributed by atoms with van der Waals surface area (Å²) < 4.78 is 5.50. The minimum atomic E-state index is -0.795. The molecule has 1 saturated heterocycles. The first-order valence-electron chi connectivity index (χ1n) is 5.46. The summed E-state index contributed by atoms with van der Waals surface area (Å²) in [6, 6.07) is 0.399. The zero-order valence-corrected chi connectivity index (χ0v) is 9.75. The minimum absolute atomic E-state index is 0.0872. The van der Waals surface area contributed by atoms with Gasteiger partial charge in [0.2, 0.25) is 0 Å². The average molecular weight is 215 g/mol. The molecular weight excluding hydrogens is 194 g/mol. The molecule has 88 valence electrons. The van der Waals surface area contributed by atoms with Crippen molar-refractivity contribution in [1.82, 2.24) is 5.32 Å². The topological polar surface area (TPSA) is 58.6 Å². The second-order valence-corrected chi connectivity index (χ2v) is 5.21. The Morgan fingerprint density at radius 1 is 1.53 bits per heavy atom. The molecule has 0 aromatic carbocycles. The molecule has 1 aliphatic heterocycles. The summed E-state index contributed by atoms with van der Waals surface area (Å²) in [5.41, 5.74) is 0.196. The quantitative estimate of drug-likeness (QED) is 0.728. The second kappa shape index (κ2) is 4.94. The van der Waals surface area contributed by atoms with Gasteiger partial charge < -0.3 is 15.2 Å². The van der Waals surface area contributed by atoms with E-state index in [1.54, 1.807) is 0 Å². The van der Waals surface area contributed by atoms with Gasteiger partial charge in [0, 0.05) is 19.2 Å². The molecule has 2 unspecified atom stereocenters. The molecule has 0 aliphatic carbocycles. The maximum absolute atomic E-state index is 10.6. The number of aliphatic carboxylic acids is 1. The monoisotopic (exact) mass is 215 g/mol. The summed E-state index contributed by atoms with van der Waals surface area (Å²) in [6.07, 6.45) is 0.846. The van der Waals surface area contributed by atoms with E-state index in [1.807, 2.05) is 0 Å². The van der Waals surface area contributed by atoms with Crippen LogP contribution in [0.3, 0.4) is 0 Å². The lowest BCUT2D eigenvalue weighted by molar-refractivity contribution is -0.139. The van der Waals surface area contributed by atoms with E-state index < -0.39 is 5.97 Å². The summed E-state index contributed by atoms with van der Waals surface area (Å²) in [4.78, 5) is 10.6. The van der Waals surface area contributed by atoms with Crippen molar-refractivity contribution in [3.8, 4) is 0 Å². The van der Waals surface area contributed by atoms with Crippen LogP contribution in [0.2, 0.25) is 0 Å². The Hall–Kier alpha value is -0.610. The van der Waals surface area contributed by atoms with E-state index >= 15 is 0 Å². The van der Waals surface area contributed by atoms with Crippen molar-refractivity contribution in [2.75, 3.05) is 13.2 Å². The highest BCUT2D eigenvalue weighted by molar-refractivity contribution is 5.67. The van der Waals surface area contributed by atoms with Crippen molar-refractivity contribution in [1.29, 1.82) is 0 Å². The van der Waals surface area contributed by atoms with E-state index in [0.717, 1.165) is 6.42 Å². The molecule has 0 spiro atoms. The van der Waals surface area contributed by atoms with Crippen LogP contribution in [-0.2, 0) is 9.53 Å². The molecule has 0 amide bonds. The van der Waals surface area contributed by atoms with Gasteiger partial charge in [-0.25, -0.2) is 0 Å². The largest absolute Gasteiger partial charge is 0.481 e. The molecule has 2 N–H and O–H groups in total. The minimum Gasteiger partial charge on any atom is -0.481 e. The molecule has 0 radical (unpaired) electrons. The van der Waals surface area contributed by atoms with Crippen molar-refractivity contribution < 1.29 is 14.6 Å². The van der Waals surface area contributed by atoms with Gasteiger partial charge in [0.15, 0.2) is 0 Å². The molecule has 1 aliphatic rings. The molecular formula is C11H21NO3. The predicted molar refractivity (Wildman–Crippen MR) is 57.9 cm³/mol. The van der Waals surface area contributed by atoms with Crippen LogP contribution >= 0.6 is 0 Å². The second-order valence-electron chi connectivity index (χ2n) is 5.21. The number of rotatable bonds is 2. The van der Waals surface area contributed by atoms with Gasteiger partial charge in [-0.05, 0) is 11.8 Å². The van der Waals surface area contributed by atoms with Crippen molar-refractivity contribution in [3.63, 3.8) is 0 Å². The molecule has 1 heterocycles. The number of carboxylic acid groups (broad SMARTS) is 1. The van der Waals surface area contributed by atoms with Crippen molar-refractivity contribution >= 4 is 5.97 Å². The summed E-state index contributed by atoms with van der Waals surface area (Å²) in [6.45, 7) is 7.83. The zero-order valence-electron chi connectivity index (χ0n) is 9.75. The number of hydrogen-bond donors (Lipinski definition) is 2. The van der Waals surface area contributed by atoms with Gasteiger partial charge in [0.1, 0.15) is 0 Å². The average Bonchev–Trinajstić information content (AvgIpc) is 2.27. The summed E-state index contributed by atoms with van der Waals surface area (Å²) in [5.74, 6) is -0.795. The number of hydrogen-bond acceptors (Lipinski definition) is 3. The van der Waals surface area contributed by atoms with Gasteiger partial charge in [-0.3, -0.25) is 4.79 Å². The van der Waals surface area contributed by atoms with E-state index in [0.29, 0.717) is 19.2 Å². The SMILES string of the molecule is CC(C)(C)C1CCOC(CC(=O)O)CN1. The Labute approximate surface area is 91.0 Å². The molecule has 1 rings (SSSR count).